The third-order valence-electron chi connectivity index (χ3n) is 4.25. The van der Waals surface area contributed by atoms with E-state index in [-0.39, 0.29) is 37.9 Å². The first-order valence-corrected chi connectivity index (χ1v) is 6.63. The van der Waals surface area contributed by atoms with Gasteiger partial charge in [-0.1, -0.05) is 11.6 Å². The van der Waals surface area contributed by atoms with Crippen LogP contribution in [0.15, 0.2) is 18.2 Å². The topological polar surface area (TPSA) is 69.2 Å². The third kappa shape index (κ3) is 2.65. The van der Waals surface area contributed by atoms with Crippen LogP contribution >= 0.6 is 0 Å². The molecule has 20 heavy (non-hydrogen) atoms. The highest BCUT2D eigenvalue weighted by Gasteiger charge is 2.46. The van der Waals surface area contributed by atoms with Gasteiger partial charge >= 0.3 is 0 Å². The Morgan fingerprint density at radius 3 is 2.40 bits per heavy atom. The summed E-state index contributed by atoms with van der Waals surface area (Å²) in [4.78, 5) is 10.7. The lowest BCUT2D eigenvalue weighted by Crippen LogP contribution is -2.42. The van der Waals surface area contributed by atoms with E-state index >= 15 is 0 Å². The standard InChI is InChI=1S/C14H18F2N2O2/c1-10-2-3-12(18(19)20)11(8-10)13(9-17)4-6-14(15,16)7-5-13/h2-3,8H,4-7,9,17H2,1H3. The Bertz CT molecular complexity index is 522. The first-order chi connectivity index (χ1) is 9.30. The second-order valence-electron chi connectivity index (χ2n) is 5.62. The number of nitro groups is 1. The van der Waals surface area contributed by atoms with Crippen molar-refractivity contribution in [3.63, 3.8) is 0 Å². The van der Waals surface area contributed by atoms with E-state index < -0.39 is 16.3 Å². The number of hydrogen-bond donors (Lipinski definition) is 1. The molecule has 0 unspecified atom stereocenters. The molecular weight excluding hydrogens is 266 g/mol. The average Bonchev–Trinajstić information content (AvgIpc) is 2.39. The molecule has 1 fully saturated rings. The molecule has 2 rings (SSSR count). The van der Waals surface area contributed by atoms with Crippen LogP contribution < -0.4 is 5.73 Å². The number of benzene rings is 1. The van der Waals surface area contributed by atoms with Crippen molar-refractivity contribution in [2.75, 3.05) is 6.54 Å². The summed E-state index contributed by atoms with van der Waals surface area (Å²) in [6.45, 7) is 1.97. The number of nitrogens with zero attached hydrogens (tertiary/aromatic N) is 1. The minimum Gasteiger partial charge on any atom is -0.330 e. The highest BCUT2D eigenvalue weighted by molar-refractivity contribution is 5.48. The molecule has 4 nitrogen and oxygen atoms in total. The lowest BCUT2D eigenvalue weighted by Gasteiger charge is -2.39. The average molecular weight is 284 g/mol. The number of nitro benzene ring substituents is 1. The van der Waals surface area contributed by atoms with Crippen LogP contribution in [0.2, 0.25) is 0 Å². The van der Waals surface area contributed by atoms with Crippen molar-refractivity contribution in [1.82, 2.24) is 0 Å². The molecule has 1 aliphatic carbocycles. The van der Waals surface area contributed by atoms with E-state index in [4.69, 9.17) is 5.73 Å². The van der Waals surface area contributed by atoms with Crippen LogP contribution in [0.25, 0.3) is 0 Å². The summed E-state index contributed by atoms with van der Waals surface area (Å²) < 4.78 is 26.7. The number of aryl methyl sites for hydroxylation is 1. The maximum Gasteiger partial charge on any atom is 0.273 e. The lowest BCUT2D eigenvalue weighted by molar-refractivity contribution is -0.386. The van der Waals surface area contributed by atoms with Crippen molar-refractivity contribution < 1.29 is 13.7 Å². The zero-order chi connectivity index (χ0) is 15.0. The first kappa shape index (κ1) is 14.8. The quantitative estimate of drug-likeness (QED) is 0.684. The Labute approximate surface area is 116 Å². The summed E-state index contributed by atoms with van der Waals surface area (Å²) in [5.74, 6) is -2.68. The van der Waals surface area contributed by atoms with E-state index in [1.807, 2.05) is 6.92 Å². The van der Waals surface area contributed by atoms with E-state index in [0.29, 0.717) is 5.56 Å². The number of alkyl halides is 2. The molecule has 0 radical (unpaired) electrons. The van der Waals surface area contributed by atoms with Crippen LogP contribution in [0.4, 0.5) is 14.5 Å². The van der Waals surface area contributed by atoms with Gasteiger partial charge in [0.15, 0.2) is 0 Å². The number of halogens is 2. The fourth-order valence-corrected chi connectivity index (χ4v) is 2.91. The molecule has 2 N–H and O–H groups in total. The molecule has 1 saturated carbocycles. The summed E-state index contributed by atoms with van der Waals surface area (Å²) in [6.07, 6.45) is -0.174. The Hall–Kier alpha value is -1.56. The Morgan fingerprint density at radius 1 is 1.30 bits per heavy atom. The summed E-state index contributed by atoms with van der Waals surface area (Å²) in [7, 11) is 0. The number of hydrogen-bond acceptors (Lipinski definition) is 3. The molecule has 110 valence electrons. The second-order valence-corrected chi connectivity index (χ2v) is 5.62. The fourth-order valence-electron chi connectivity index (χ4n) is 2.91. The molecule has 0 spiro atoms. The molecule has 0 aromatic heterocycles. The van der Waals surface area contributed by atoms with Crippen molar-refractivity contribution in [2.45, 2.75) is 43.9 Å². The highest BCUT2D eigenvalue weighted by atomic mass is 19.3. The van der Waals surface area contributed by atoms with Gasteiger partial charge in [0, 0.05) is 36.4 Å². The molecule has 0 saturated heterocycles. The monoisotopic (exact) mass is 284 g/mol. The van der Waals surface area contributed by atoms with Gasteiger partial charge in [0.1, 0.15) is 0 Å². The Morgan fingerprint density at radius 2 is 1.90 bits per heavy atom. The molecule has 1 aromatic rings. The van der Waals surface area contributed by atoms with Gasteiger partial charge < -0.3 is 5.73 Å². The van der Waals surface area contributed by atoms with E-state index in [0.717, 1.165) is 5.56 Å². The van der Waals surface area contributed by atoms with Crippen LogP contribution in [0, 0.1) is 17.0 Å². The predicted molar refractivity (Wildman–Crippen MR) is 72.0 cm³/mol. The highest BCUT2D eigenvalue weighted by Crippen LogP contribution is 2.47. The Balaban J connectivity index is 2.47. The second kappa shape index (κ2) is 5.09. The molecule has 1 aromatic carbocycles. The number of rotatable bonds is 3. The van der Waals surface area contributed by atoms with Crippen LogP contribution in [0.5, 0.6) is 0 Å². The maximum atomic E-state index is 13.4. The molecule has 0 aliphatic heterocycles. The van der Waals surface area contributed by atoms with Gasteiger partial charge in [-0.15, -0.1) is 0 Å². The maximum absolute atomic E-state index is 13.4. The van der Waals surface area contributed by atoms with Crippen molar-refractivity contribution in [2.24, 2.45) is 5.73 Å². The van der Waals surface area contributed by atoms with E-state index in [2.05, 4.69) is 0 Å². The molecular formula is C14H18F2N2O2. The largest absolute Gasteiger partial charge is 0.330 e. The van der Waals surface area contributed by atoms with Crippen LogP contribution in [0.3, 0.4) is 0 Å². The first-order valence-electron chi connectivity index (χ1n) is 6.63. The van der Waals surface area contributed by atoms with Gasteiger partial charge in [-0.2, -0.15) is 0 Å². The molecule has 6 heteroatoms. The van der Waals surface area contributed by atoms with E-state index in [1.54, 1.807) is 12.1 Å². The van der Waals surface area contributed by atoms with Crippen molar-refractivity contribution in [1.29, 1.82) is 0 Å². The summed E-state index contributed by atoms with van der Waals surface area (Å²) >= 11 is 0. The van der Waals surface area contributed by atoms with Crippen molar-refractivity contribution in [3.05, 3.63) is 39.4 Å². The molecule has 1 aliphatic rings. The molecule has 0 atom stereocenters. The van der Waals surface area contributed by atoms with Crippen LogP contribution in [0.1, 0.15) is 36.8 Å². The fraction of sp³-hybridized carbons (Fsp3) is 0.571. The SMILES string of the molecule is Cc1ccc([N+](=O)[O-])c(C2(CN)CCC(F)(F)CC2)c1. The zero-order valence-electron chi connectivity index (χ0n) is 11.4. The van der Waals surface area contributed by atoms with Crippen LogP contribution in [-0.4, -0.2) is 17.4 Å². The van der Waals surface area contributed by atoms with Crippen molar-refractivity contribution in [3.8, 4) is 0 Å². The minimum absolute atomic E-state index is 0.0220. The lowest BCUT2D eigenvalue weighted by atomic mass is 9.67. The number of nitrogens with two attached hydrogens (primary N) is 1. The van der Waals surface area contributed by atoms with E-state index in [9.17, 15) is 18.9 Å². The Kier molecular flexibility index (Phi) is 3.77. The van der Waals surface area contributed by atoms with Gasteiger partial charge in [0.05, 0.1) is 4.92 Å². The smallest absolute Gasteiger partial charge is 0.273 e. The summed E-state index contributed by atoms with van der Waals surface area (Å²) in [5, 5.41) is 11.2. The zero-order valence-corrected chi connectivity index (χ0v) is 11.4. The molecule has 0 heterocycles. The summed E-state index contributed by atoms with van der Waals surface area (Å²) in [5.41, 5.74) is 6.45. The van der Waals surface area contributed by atoms with Crippen molar-refractivity contribution >= 4 is 5.69 Å². The normalized spacial score (nSPS) is 20.6. The molecule has 0 amide bonds. The predicted octanol–water partition coefficient (Wildman–Crippen LogP) is 3.31. The summed E-state index contributed by atoms with van der Waals surface area (Å²) in [6, 6.07) is 4.81. The van der Waals surface area contributed by atoms with Gasteiger partial charge in [0.25, 0.3) is 5.69 Å². The minimum atomic E-state index is -2.68. The van der Waals surface area contributed by atoms with Gasteiger partial charge in [0.2, 0.25) is 5.92 Å². The van der Waals surface area contributed by atoms with Crippen LogP contribution in [-0.2, 0) is 5.41 Å². The third-order valence-corrected chi connectivity index (χ3v) is 4.25. The van der Waals surface area contributed by atoms with Gasteiger partial charge in [-0.25, -0.2) is 8.78 Å². The van der Waals surface area contributed by atoms with Gasteiger partial charge in [-0.05, 0) is 25.8 Å². The van der Waals surface area contributed by atoms with E-state index in [1.165, 1.54) is 6.07 Å². The molecule has 0 bridgehead atoms. The van der Waals surface area contributed by atoms with Gasteiger partial charge in [-0.3, -0.25) is 10.1 Å².